The summed E-state index contributed by atoms with van der Waals surface area (Å²) < 4.78 is 2.13. The molecule has 0 atom stereocenters. The van der Waals surface area contributed by atoms with Crippen LogP contribution in [0.25, 0.3) is 28.0 Å². The number of para-hydroxylation sites is 2. The van der Waals surface area contributed by atoms with E-state index in [1.165, 1.54) is 27.9 Å². The van der Waals surface area contributed by atoms with Crippen molar-refractivity contribution in [3.05, 3.63) is 67.8 Å². The van der Waals surface area contributed by atoms with E-state index in [0.29, 0.717) is 0 Å². The molecular formula is C17H14N2. The van der Waals surface area contributed by atoms with Crippen molar-refractivity contribution in [2.45, 2.75) is 0 Å². The molecule has 1 aromatic heterocycles. The van der Waals surface area contributed by atoms with Gasteiger partial charge in [0.15, 0.2) is 0 Å². The van der Waals surface area contributed by atoms with Crippen LogP contribution in [0.1, 0.15) is 0 Å². The quantitative estimate of drug-likeness (QED) is 0.577. The van der Waals surface area contributed by atoms with Gasteiger partial charge in [-0.3, -0.25) is 0 Å². The molecule has 2 aromatic carbocycles. The largest absolute Gasteiger partial charge is 0.317 e. The molecule has 0 amide bonds. The smallest absolute Gasteiger partial charge is 0.0905 e. The van der Waals surface area contributed by atoms with Crippen LogP contribution in [-0.2, 0) is 0 Å². The molecule has 0 saturated heterocycles. The summed E-state index contributed by atoms with van der Waals surface area (Å²) in [6.45, 7) is 6.98. The highest BCUT2D eigenvalue weighted by Crippen LogP contribution is 2.28. The van der Waals surface area contributed by atoms with Crippen LogP contribution < -0.4 is 0 Å². The predicted octanol–water partition coefficient (Wildman–Crippen LogP) is 4.59. The molecule has 19 heavy (non-hydrogen) atoms. The number of fused-ring (bicyclic) bond motifs is 3. The molecule has 0 spiro atoms. The van der Waals surface area contributed by atoms with E-state index >= 15 is 0 Å². The zero-order chi connectivity index (χ0) is 13.7. The summed E-state index contributed by atoms with van der Waals surface area (Å²) in [7, 11) is 0. The molecule has 1 heterocycles. The zero-order valence-corrected chi connectivity index (χ0v) is 10.6. The summed E-state index contributed by atoms with van der Waals surface area (Å²) in [5.74, 6) is 0. The van der Waals surface area contributed by atoms with Crippen LogP contribution in [0.4, 0.5) is 0 Å². The highest BCUT2D eigenvalue weighted by molar-refractivity contribution is 6.09. The molecule has 2 heteroatoms. The normalized spacial score (nSPS) is 9.42. The molecule has 0 aliphatic rings. The minimum atomic E-state index is 1.18. The Morgan fingerprint density at radius 1 is 0.895 bits per heavy atom. The molecule has 0 aliphatic heterocycles. The maximum Gasteiger partial charge on any atom is 0.0905 e. The number of rotatable bonds is 1. The summed E-state index contributed by atoms with van der Waals surface area (Å²) in [6, 6.07) is 18.5. The third kappa shape index (κ3) is 2.27. The number of allylic oxidation sites excluding steroid dienone is 1. The molecule has 92 valence electrons. The maximum atomic E-state index is 7.51. The second kappa shape index (κ2) is 5.70. The van der Waals surface area contributed by atoms with Gasteiger partial charge in [0, 0.05) is 23.0 Å². The van der Waals surface area contributed by atoms with Crippen LogP contribution in [0, 0.1) is 11.3 Å². The van der Waals surface area contributed by atoms with Crippen molar-refractivity contribution >= 4 is 28.0 Å². The average molecular weight is 246 g/mol. The first-order valence-corrected chi connectivity index (χ1v) is 5.94. The molecular weight excluding hydrogens is 232 g/mol. The van der Waals surface area contributed by atoms with E-state index in [0.717, 1.165) is 0 Å². The Balaban J connectivity index is 0.000000297. The van der Waals surface area contributed by atoms with Crippen LogP contribution >= 0.6 is 0 Å². The van der Waals surface area contributed by atoms with Crippen LogP contribution in [0.2, 0.25) is 0 Å². The zero-order valence-electron chi connectivity index (χ0n) is 10.6. The lowest BCUT2D eigenvalue weighted by Crippen LogP contribution is -1.82. The molecule has 3 aromatic rings. The van der Waals surface area contributed by atoms with Gasteiger partial charge in [-0.25, -0.2) is 0 Å². The van der Waals surface area contributed by atoms with E-state index in [1.807, 2.05) is 6.20 Å². The summed E-state index contributed by atoms with van der Waals surface area (Å²) in [4.78, 5) is 0. The third-order valence-corrected chi connectivity index (χ3v) is 2.89. The van der Waals surface area contributed by atoms with Crippen molar-refractivity contribution < 1.29 is 0 Å². The van der Waals surface area contributed by atoms with E-state index < -0.39 is 0 Å². The average Bonchev–Trinajstić information content (AvgIpc) is 2.81. The molecule has 0 N–H and O–H groups in total. The molecule has 0 fully saturated rings. The Morgan fingerprint density at radius 3 is 1.68 bits per heavy atom. The third-order valence-electron chi connectivity index (χ3n) is 2.89. The number of nitriles is 1. The Bertz CT molecular complexity index is 719. The monoisotopic (exact) mass is 246 g/mol. The van der Waals surface area contributed by atoms with Crippen molar-refractivity contribution in [3.8, 4) is 6.07 Å². The molecule has 0 saturated carbocycles. The Morgan fingerprint density at radius 2 is 1.32 bits per heavy atom. The number of hydrogen-bond donors (Lipinski definition) is 0. The topological polar surface area (TPSA) is 28.7 Å². The van der Waals surface area contributed by atoms with E-state index in [-0.39, 0.29) is 0 Å². The van der Waals surface area contributed by atoms with Crippen LogP contribution in [-0.4, -0.2) is 4.57 Å². The van der Waals surface area contributed by atoms with Gasteiger partial charge in [-0.15, -0.1) is 0 Å². The van der Waals surface area contributed by atoms with Gasteiger partial charge in [-0.05, 0) is 12.1 Å². The van der Waals surface area contributed by atoms with Crippen LogP contribution in [0.5, 0.6) is 0 Å². The Kier molecular flexibility index (Phi) is 3.80. The van der Waals surface area contributed by atoms with Gasteiger partial charge in [0.1, 0.15) is 0 Å². The van der Waals surface area contributed by atoms with Crippen LogP contribution in [0.3, 0.4) is 0 Å². The first-order valence-electron chi connectivity index (χ1n) is 5.94. The van der Waals surface area contributed by atoms with Crippen molar-refractivity contribution in [1.29, 1.82) is 5.26 Å². The van der Waals surface area contributed by atoms with Crippen molar-refractivity contribution in [2.75, 3.05) is 0 Å². The number of aromatic nitrogens is 1. The van der Waals surface area contributed by atoms with Gasteiger partial charge in [0.2, 0.25) is 0 Å². The van der Waals surface area contributed by atoms with Crippen molar-refractivity contribution in [1.82, 2.24) is 4.57 Å². The minimum absolute atomic E-state index is 1.18. The second-order valence-electron chi connectivity index (χ2n) is 3.92. The Hall–Kier alpha value is -2.79. The highest BCUT2D eigenvalue weighted by Gasteiger charge is 2.06. The number of benzene rings is 2. The summed E-state index contributed by atoms with van der Waals surface area (Å²) >= 11 is 0. The molecule has 0 unspecified atom stereocenters. The lowest BCUT2D eigenvalue weighted by atomic mass is 10.2. The standard InChI is InChI=1S/C14H11N.C3H3N/c1-2-15-13-9-5-3-7-11(13)12-8-4-6-10-14(12)15;1-2-3-4/h2-10H,1H2;2H,1H2. The number of hydrogen-bond acceptors (Lipinski definition) is 1. The summed E-state index contributed by atoms with van der Waals surface area (Å²) in [5.41, 5.74) is 2.43. The summed E-state index contributed by atoms with van der Waals surface area (Å²) in [5, 5.41) is 10.1. The number of nitrogens with zero attached hydrogens (tertiary/aromatic N) is 2. The minimum Gasteiger partial charge on any atom is -0.317 e. The first kappa shape index (κ1) is 12.7. The SMILES string of the molecule is C=CC#N.C=Cn1c2ccccc2c2ccccc21. The lowest BCUT2D eigenvalue weighted by Gasteiger charge is -1.97. The van der Waals surface area contributed by atoms with Crippen LogP contribution in [0.15, 0.2) is 67.8 Å². The van der Waals surface area contributed by atoms with E-state index in [9.17, 15) is 0 Å². The fourth-order valence-corrected chi connectivity index (χ4v) is 2.15. The molecule has 0 bridgehead atoms. The van der Waals surface area contributed by atoms with Gasteiger partial charge in [0.05, 0.1) is 17.1 Å². The molecule has 0 radical (unpaired) electrons. The van der Waals surface area contributed by atoms with Crippen molar-refractivity contribution in [3.63, 3.8) is 0 Å². The van der Waals surface area contributed by atoms with E-state index in [1.54, 1.807) is 6.07 Å². The van der Waals surface area contributed by atoms with Gasteiger partial charge in [-0.2, -0.15) is 5.26 Å². The van der Waals surface area contributed by atoms with Gasteiger partial charge in [0.25, 0.3) is 0 Å². The van der Waals surface area contributed by atoms with Gasteiger partial charge < -0.3 is 4.57 Å². The van der Waals surface area contributed by atoms with Crippen molar-refractivity contribution in [2.24, 2.45) is 0 Å². The molecule has 2 nitrogen and oxygen atoms in total. The second-order valence-corrected chi connectivity index (χ2v) is 3.92. The molecule has 3 rings (SSSR count). The fraction of sp³-hybridized carbons (Fsp3) is 0. The van der Waals surface area contributed by atoms with Gasteiger partial charge in [-0.1, -0.05) is 49.6 Å². The maximum absolute atomic E-state index is 7.51. The lowest BCUT2D eigenvalue weighted by molar-refractivity contribution is 1.30. The fourth-order valence-electron chi connectivity index (χ4n) is 2.15. The first-order chi connectivity index (χ1) is 9.33. The predicted molar refractivity (Wildman–Crippen MR) is 81.6 cm³/mol. The Labute approximate surface area is 112 Å². The molecule has 0 aliphatic carbocycles. The van der Waals surface area contributed by atoms with Gasteiger partial charge >= 0.3 is 0 Å². The summed E-state index contributed by atoms with van der Waals surface area (Å²) in [6.07, 6.45) is 3.05. The highest BCUT2D eigenvalue weighted by atomic mass is 14.9. The van der Waals surface area contributed by atoms with E-state index in [4.69, 9.17) is 5.26 Å². The van der Waals surface area contributed by atoms with E-state index in [2.05, 4.69) is 66.3 Å².